The Morgan fingerprint density at radius 1 is 0.844 bits per heavy atom. The highest BCUT2D eigenvalue weighted by Gasteiger charge is 2.40. The fourth-order valence-corrected chi connectivity index (χ4v) is 11.4. The number of carbonyl (C=O) groups is 3. The van der Waals surface area contributed by atoms with Crippen molar-refractivity contribution in [3.8, 4) is 28.2 Å². The Balaban J connectivity index is 0.870. The average molecular weight is 1080 g/mol. The molecule has 0 radical (unpaired) electrons. The number of rotatable bonds is 22. The molecule has 1 aliphatic carbocycles. The Bertz CT molecular complexity index is 3530. The van der Waals surface area contributed by atoms with Crippen LogP contribution < -0.4 is 24.9 Å². The van der Waals surface area contributed by atoms with Gasteiger partial charge in [0.2, 0.25) is 11.3 Å². The number of halogens is 1. The van der Waals surface area contributed by atoms with E-state index in [1.54, 1.807) is 42.0 Å². The molecule has 0 saturated heterocycles. The maximum absolute atomic E-state index is 13.7. The number of aromatic nitrogens is 1. The van der Waals surface area contributed by atoms with Gasteiger partial charge in [-0.1, -0.05) is 74.7 Å². The Morgan fingerprint density at radius 2 is 1.57 bits per heavy atom. The molecule has 4 aromatic carbocycles. The molecular formula is C63H69ClN4O8S. The van der Waals surface area contributed by atoms with Crippen LogP contribution in [0.4, 0.5) is 5.69 Å². The molecule has 402 valence electrons. The van der Waals surface area contributed by atoms with Gasteiger partial charge < -0.3 is 23.9 Å². The zero-order valence-electron chi connectivity index (χ0n) is 45.2. The van der Waals surface area contributed by atoms with Gasteiger partial charge in [-0.15, -0.1) is 0 Å². The third-order valence-electron chi connectivity index (χ3n) is 15.0. The lowest BCUT2D eigenvalue weighted by molar-refractivity contribution is -0.121. The van der Waals surface area contributed by atoms with E-state index in [4.69, 9.17) is 20.8 Å². The molecule has 0 fully saturated rings. The van der Waals surface area contributed by atoms with Crippen molar-refractivity contribution in [3.63, 3.8) is 0 Å². The molecule has 3 heterocycles. The second kappa shape index (κ2) is 24.5. The third kappa shape index (κ3) is 12.5. The maximum Gasteiger partial charge on any atom is 0.262 e. The first-order valence-electron chi connectivity index (χ1n) is 26.7. The van der Waals surface area contributed by atoms with E-state index in [0.29, 0.717) is 72.1 Å². The average Bonchev–Trinajstić information content (AvgIpc) is 3.92. The van der Waals surface area contributed by atoms with E-state index in [1.165, 1.54) is 12.1 Å². The van der Waals surface area contributed by atoms with Crippen molar-refractivity contribution in [3.05, 3.63) is 171 Å². The summed E-state index contributed by atoms with van der Waals surface area (Å²) in [5, 5.41) is 5.48. The lowest BCUT2D eigenvalue weighted by Gasteiger charge is -2.27. The van der Waals surface area contributed by atoms with Gasteiger partial charge in [-0.05, 0) is 155 Å². The van der Waals surface area contributed by atoms with Gasteiger partial charge in [-0.25, -0.2) is 13.0 Å². The Morgan fingerprint density at radius 3 is 2.29 bits per heavy atom. The number of hydrogen-bond acceptors (Lipinski definition) is 9. The molecule has 1 aromatic heterocycles. The molecule has 3 aliphatic rings. The first kappa shape index (κ1) is 56.2. The molecule has 0 atom stereocenters. The van der Waals surface area contributed by atoms with Crippen molar-refractivity contribution in [1.29, 1.82) is 0 Å². The summed E-state index contributed by atoms with van der Waals surface area (Å²) in [5.74, 6) is 1.99. The maximum atomic E-state index is 13.7. The van der Waals surface area contributed by atoms with E-state index in [2.05, 4.69) is 72.0 Å². The minimum atomic E-state index is -4.69. The van der Waals surface area contributed by atoms with Gasteiger partial charge in [-0.3, -0.25) is 19.0 Å². The summed E-state index contributed by atoms with van der Waals surface area (Å²) in [4.78, 5) is 42.0. The van der Waals surface area contributed by atoms with Crippen molar-refractivity contribution >= 4 is 62.0 Å². The Hall–Kier alpha value is -7.06. The molecule has 5 aromatic rings. The number of anilines is 1. The number of carbonyl (C=O) groups excluding carboxylic acids is 3. The molecule has 8 rings (SSSR count). The minimum Gasteiger partial charge on any atom is -0.744 e. The van der Waals surface area contributed by atoms with Gasteiger partial charge in [0.05, 0.1) is 23.6 Å². The standard InChI is InChI=1S/C63H69ClN4O8S/c1-8-66(9-2)47-30-33-51-58(38-47)76-57(42(3)61(51)44-20-13-10-14-21-44)23-19-24-59-63(5,6)54-41-50(77(72,73)74)32-35-56(54)67(59)37-18-12-16-25-60(70)65-36-17-11-15-22-48(69)39-52-43(4)68(55-34-31-49(75-7)40-53(52)55)62(71)45-26-28-46(64)29-27-45/h10,13-14,19-21,23-24,26-35,38,40-41H,8-9,11-12,15-18,22,25,36-37,39H2,1-7H3,(H-,65,70,72,73,74). The van der Waals surface area contributed by atoms with Crippen LogP contribution in [0, 0.1) is 13.8 Å². The van der Waals surface area contributed by atoms with Crippen LogP contribution in [0.1, 0.15) is 118 Å². The number of Topliss-reactive ketones (excluding diaryl/α,β-unsaturated/α-hetero) is 1. The molecule has 0 spiro atoms. The van der Waals surface area contributed by atoms with Crippen LogP contribution in [0.2, 0.25) is 5.02 Å². The second-order valence-electron chi connectivity index (χ2n) is 20.3. The second-order valence-corrected chi connectivity index (χ2v) is 22.1. The highest BCUT2D eigenvalue weighted by Crippen LogP contribution is 2.49. The van der Waals surface area contributed by atoms with E-state index in [0.717, 1.165) is 100 Å². The number of allylic oxidation sites excluding steroid dienone is 3. The summed E-state index contributed by atoms with van der Waals surface area (Å²) in [6.45, 7) is 15.2. The minimum absolute atomic E-state index is 0.0182. The molecule has 1 N–H and O–H groups in total. The molecule has 0 bridgehead atoms. The lowest BCUT2D eigenvalue weighted by atomic mass is 9.83. The highest BCUT2D eigenvalue weighted by atomic mass is 35.5. The van der Waals surface area contributed by atoms with Gasteiger partial charge >= 0.3 is 0 Å². The van der Waals surface area contributed by atoms with E-state index in [-0.39, 0.29) is 28.9 Å². The summed E-state index contributed by atoms with van der Waals surface area (Å²) in [5.41, 5.74) is 8.82. The van der Waals surface area contributed by atoms with Crippen molar-refractivity contribution < 1.29 is 36.5 Å². The quantitative estimate of drug-likeness (QED) is 0.0397. The number of nitrogens with one attached hydrogen (secondary N) is 1. The predicted molar refractivity (Wildman–Crippen MR) is 307 cm³/mol. The number of ether oxygens (including phenoxy) is 1. The van der Waals surface area contributed by atoms with Gasteiger partial charge in [-0.2, -0.15) is 0 Å². The number of hydrogen-bond donors (Lipinski definition) is 1. The van der Waals surface area contributed by atoms with E-state index in [9.17, 15) is 27.4 Å². The highest BCUT2D eigenvalue weighted by molar-refractivity contribution is 7.85. The predicted octanol–water partition coefficient (Wildman–Crippen LogP) is 12.4. The molecule has 12 nitrogen and oxygen atoms in total. The van der Waals surface area contributed by atoms with Crippen molar-refractivity contribution in [2.75, 3.05) is 38.2 Å². The molecule has 77 heavy (non-hydrogen) atoms. The summed E-state index contributed by atoms with van der Waals surface area (Å²) in [6, 6.07) is 33.6. The largest absolute Gasteiger partial charge is 0.744 e. The smallest absolute Gasteiger partial charge is 0.262 e. The summed E-state index contributed by atoms with van der Waals surface area (Å²) >= 11 is 6.09. The van der Waals surface area contributed by atoms with E-state index >= 15 is 0 Å². The summed E-state index contributed by atoms with van der Waals surface area (Å²) in [7, 11) is -3.10. The van der Waals surface area contributed by atoms with Crippen LogP contribution in [0.25, 0.3) is 39.4 Å². The number of nitrogens with zero attached hydrogens (tertiary/aromatic N) is 3. The number of ketones is 1. The summed E-state index contributed by atoms with van der Waals surface area (Å²) in [6.07, 6.45) is 11.4. The molecule has 0 unspecified atom stereocenters. The van der Waals surface area contributed by atoms with E-state index < -0.39 is 15.5 Å². The zero-order chi connectivity index (χ0) is 55.0. The number of unbranched alkanes of at least 4 members (excludes halogenated alkanes) is 4. The fourth-order valence-electron chi connectivity index (χ4n) is 10.8. The van der Waals surface area contributed by atoms with Crippen molar-refractivity contribution in [1.82, 2.24) is 14.5 Å². The topological polar surface area (TPSA) is 154 Å². The van der Waals surface area contributed by atoms with Crippen LogP contribution in [0.15, 0.2) is 136 Å². The van der Waals surface area contributed by atoms with Gasteiger partial charge in [0, 0.05) is 88.0 Å². The lowest BCUT2D eigenvalue weighted by Crippen LogP contribution is -2.29. The monoisotopic (exact) mass is 1080 g/mol. The first-order chi connectivity index (χ1) is 36.9. The van der Waals surface area contributed by atoms with Crippen LogP contribution in [0.3, 0.4) is 0 Å². The molecule has 14 heteroatoms. The first-order valence-corrected chi connectivity index (χ1v) is 28.5. The van der Waals surface area contributed by atoms with E-state index in [1.807, 2.05) is 69.3 Å². The summed E-state index contributed by atoms with van der Waals surface area (Å²) < 4.78 is 52.8. The normalized spacial score (nSPS) is 13.7. The number of methoxy groups -OCH3 is 1. The molecular weight excluding hydrogens is 1010 g/mol. The third-order valence-corrected chi connectivity index (χ3v) is 16.1. The van der Waals surface area contributed by atoms with Gasteiger partial charge in [0.1, 0.15) is 46.3 Å². The number of fused-ring (bicyclic) bond motifs is 3. The fraction of sp³-hybridized carbons (Fsp3) is 0.333. The number of benzene rings is 5. The number of amides is 1. The SMILES string of the molecule is CC[N+](CC)=c1ccc2c(-c3ccccc3)c(C)c(/C=C/C=C3/N(CCCCCC(=O)NCCCCCC(=O)Cc4c(C)n(C(=O)c5ccc(Cl)cc5)c5ccc(OC)cc45)c4ccc(S(=O)(=O)[O-])cc4C3(C)C)oc-2c1. The van der Waals surface area contributed by atoms with Crippen LogP contribution >= 0.6 is 11.6 Å². The van der Waals surface area contributed by atoms with Crippen LogP contribution in [0.5, 0.6) is 5.75 Å². The Labute approximate surface area is 457 Å². The van der Waals surface area contributed by atoms with Crippen LogP contribution in [-0.4, -0.2) is 68.4 Å². The Kier molecular flexibility index (Phi) is 17.9. The van der Waals surface area contributed by atoms with Gasteiger partial charge in [0.25, 0.3) is 5.91 Å². The molecule has 1 amide bonds. The van der Waals surface area contributed by atoms with Crippen LogP contribution in [-0.2, 0) is 31.5 Å². The molecule has 0 saturated carbocycles. The van der Waals surface area contributed by atoms with Crippen molar-refractivity contribution in [2.45, 2.75) is 110 Å². The molecule has 2 aliphatic heterocycles. The van der Waals surface area contributed by atoms with Gasteiger partial charge in [0.15, 0.2) is 0 Å². The van der Waals surface area contributed by atoms with Crippen molar-refractivity contribution in [2.24, 2.45) is 0 Å². The zero-order valence-corrected chi connectivity index (χ0v) is 46.8.